The molecule has 1 aromatic rings. The summed E-state index contributed by atoms with van der Waals surface area (Å²) >= 11 is 10.8. The van der Waals surface area contributed by atoms with E-state index in [1.165, 1.54) is 6.07 Å². The Labute approximate surface area is 67.0 Å². The summed E-state index contributed by atoms with van der Waals surface area (Å²) in [6.45, 7) is 0. The highest BCUT2D eigenvalue weighted by Crippen LogP contribution is 1.99. The summed E-state index contributed by atoms with van der Waals surface area (Å²) in [5, 5.41) is 0.0724. The summed E-state index contributed by atoms with van der Waals surface area (Å²) in [6, 6.07) is 1.30. The number of rotatable bonds is 1. The van der Waals surface area contributed by atoms with Crippen LogP contribution < -0.4 is 5.56 Å². The van der Waals surface area contributed by atoms with Gasteiger partial charge in [-0.05, 0) is 11.6 Å². The van der Waals surface area contributed by atoms with Crippen molar-refractivity contribution in [1.29, 1.82) is 0 Å². The molecule has 10 heavy (non-hydrogen) atoms. The third-order valence-corrected chi connectivity index (χ3v) is 1.36. The first kappa shape index (κ1) is 7.57. The van der Waals surface area contributed by atoms with Gasteiger partial charge < -0.3 is 0 Å². The quantitative estimate of drug-likeness (QED) is 0.519. The highest BCUT2D eigenvalue weighted by atomic mass is 35.5. The summed E-state index contributed by atoms with van der Waals surface area (Å²) < 4.78 is 0. The van der Waals surface area contributed by atoms with Crippen molar-refractivity contribution in [3.63, 3.8) is 0 Å². The molecule has 0 fully saturated rings. The summed E-state index contributed by atoms with van der Waals surface area (Å²) in [5.74, 6) is 0.198. The van der Waals surface area contributed by atoms with Crippen LogP contribution in [-0.4, -0.2) is 9.97 Å². The molecule has 3 nitrogen and oxygen atoms in total. The molecule has 0 aliphatic heterocycles. The molecule has 5 heteroatoms. The van der Waals surface area contributed by atoms with Gasteiger partial charge in [-0.3, -0.25) is 9.78 Å². The van der Waals surface area contributed by atoms with E-state index in [1.54, 1.807) is 0 Å². The maximum Gasteiger partial charge on any atom is 0.252 e. The van der Waals surface area contributed by atoms with E-state index in [1.807, 2.05) is 0 Å². The number of halogens is 2. The summed E-state index contributed by atoms with van der Waals surface area (Å²) in [4.78, 5) is 16.6. The van der Waals surface area contributed by atoms with Gasteiger partial charge in [-0.15, -0.1) is 11.6 Å². The van der Waals surface area contributed by atoms with Crippen LogP contribution in [0.2, 0.25) is 5.28 Å². The smallest absolute Gasteiger partial charge is 0.252 e. The van der Waals surface area contributed by atoms with Crippen molar-refractivity contribution in [2.75, 3.05) is 0 Å². The fourth-order valence-corrected chi connectivity index (χ4v) is 0.882. The highest BCUT2D eigenvalue weighted by Gasteiger charge is 1.95. The fourth-order valence-electron chi connectivity index (χ4n) is 0.544. The van der Waals surface area contributed by atoms with Crippen LogP contribution in [0, 0.1) is 0 Å². The minimum Gasteiger partial charge on any atom is -0.297 e. The van der Waals surface area contributed by atoms with Gasteiger partial charge in [0.15, 0.2) is 0 Å². The van der Waals surface area contributed by atoms with Crippen LogP contribution in [0.25, 0.3) is 0 Å². The van der Waals surface area contributed by atoms with E-state index in [2.05, 4.69) is 9.97 Å². The monoisotopic (exact) mass is 178 g/mol. The van der Waals surface area contributed by atoms with Crippen LogP contribution in [0.3, 0.4) is 0 Å². The summed E-state index contributed by atoms with van der Waals surface area (Å²) in [6.07, 6.45) is 0. The maximum absolute atomic E-state index is 10.6. The minimum atomic E-state index is -0.282. The third kappa shape index (κ3) is 1.72. The maximum atomic E-state index is 10.6. The number of hydrogen-bond acceptors (Lipinski definition) is 2. The lowest BCUT2D eigenvalue weighted by Crippen LogP contribution is -2.07. The molecule has 0 bridgehead atoms. The molecule has 0 aromatic carbocycles. The summed E-state index contributed by atoms with van der Waals surface area (Å²) in [7, 11) is 0. The third-order valence-electron chi connectivity index (χ3n) is 0.903. The molecular weight excluding hydrogens is 175 g/mol. The zero-order chi connectivity index (χ0) is 7.56. The Hall–Kier alpha value is -0.540. The average molecular weight is 179 g/mol. The zero-order valence-electron chi connectivity index (χ0n) is 4.90. The van der Waals surface area contributed by atoms with Crippen LogP contribution in [-0.2, 0) is 5.88 Å². The second-order valence-electron chi connectivity index (χ2n) is 1.66. The zero-order valence-corrected chi connectivity index (χ0v) is 6.41. The van der Waals surface area contributed by atoms with E-state index < -0.39 is 0 Å². The molecule has 54 valence electrons. The van der Waals surface area contributed by atoms with E-state index in [0.717, 1.165) is 0 Å². The normalized spacial score (nSPS) is 9.80. The molecule has 0 saturated carbocycles. The molecule has 1 aromatic heterocycles. The molecule has 1 heterocycles. The fraction of sp³-hybridized carbons (Fsp3) is 0.200. The molecule has 1 N–H and O–H groups in total. The Kier molecular flexibility index (Phi) is 2.29. The number of hydrogen-bond donors (Lipinski definition) is 1. The van der Waals surface area contributed by atoms with Crippen LogP contribution in [0.4, 0.5) is 0 Å². The largest absolute Gasteiger partial charge is 0.297 e. The lowest BCUT2D eigenvalue weighted by molar-refractivity contribution is 1.05. The average Bonchev–Trinajstić information content (AvgIpc) is 1.85. The molecule has 0 radical (unpaired) electrons. The molecule has 0 aliphatic carbocycles. The Bertz CT molecular complexity index is 283. The van der Waals surface area contributed by atoms with Crippen molar-refractivity contribution in [2.45, 2.75) is 5.88 Å². The van der Waals surface area contributed by atoms with Gasteiger partial charge >= 0.3 is 0 Å². The molecule has 1 rings (SSSR count). The van der Waals surface area contributed by atoms with Crippen molar-refractivity contribution < 1.29 is 0 Å². The Morgan fingerprint density at radius 2 is 2.40 bits per heavy atom. The van der Waals surface area contributed by atoms with Crippen molar-refractivity contribution in [3.05, 3.63) is 27.4 Å². The number of aromatic amines is 1. The lowest BCUT2D eigenvalue weighted by atomic mass is 10.5. The standard InChI is InChI=1S/C5H4Cl2N2O/c6-2-3-1-4(10)9-5(7)8-3/h1H,2H2,(H,8,9,10). The Balaban J connectivity index is 3.19. The van der Waals surface area contributed by atoms with Crippen LogP contribution >= 0.6 is 23.2 Å². The second kappa shape index (κ2) is 3.03. The number of nitrogens with zero attached hydrogens (tertiary/aromatic N) is 1. The molecule has 0 spiro atoms. The van der Waals surface area contributed by atoms with Crippen molar-refractivity contribution in [2.24, 2.45) is 0 Å². The number of nitrogens with one attached hydrogen (secondary N) is 1. The first-order valence-electron chi connectivity index (χ1n) is 2.54. The van der Waals surface area contributed by atoms with Gasteiger partial charge in [0.05, 0.1) is 11.6 Å². The van der Waals surface area contributed by atoms with E-state index in [0.29, 0.717) is 5.69 Å². The summed E-state index contributed by atoms with van der Waals surface area (Å²) in [5.41, 5.74) is 0.200. The van der Waals surface area contributed by atoms with Crippen LogP contribution in [0.15, 0.2) is 10.9 Å². The van der Waals surface area contributed by atoms with Crippen molar-refractivity contribution >= 4 is 23.2 Å². The van der Waals surface area contributed by atoms with Gasteiger partial charge in [0.2, 0.25) is 5.28 Å². The molecule has 0 atom stereocenters. The molecule has 0 saturated heterocycles. The molecule has 0 amide bonds. The molecule has 0 unspecified atom stereocenters. The number of H-pyrrole nitrogens is 1. The van der Waals surface area contributed by atoms with E-state index in [-0.39, 0.29) is 16.7 Å². The number of aromatic nitrogens is 2. The van der Waals surface area contributed by atoms with Gasteiger partial charge in [0.1, 0.15) is 0 Å². The predicted molar refractivity (Wildman–Crippen MR) is 39.4 cm³/mol. The van der Waals surface area contributed by atoms with Gasteiger partial charge in [0, 0.05) is 6.07 Å². The second-order valence-corrected chi connectivity index (χ2v) is 2.29. The topological polar surface area (TPSA) is 45.8 Å². The van der Waals surface area contributed by atoms with Gasteiger partial charge in [-0.1, -0.05) is 0 Å². The SMILES string of the molecule is O=c1cc(CCl)nc(Cl)[nH]1. The van der Waals surface area contributed by atoms with E-state index in [9.17, 15) is 4.79 Å². The lowest BCUT2D eigenvalue weighted by Gasteiger charge is -1.91. The van der Waals surface area contributed by atoms with Crippen molar-refractivity contribution in [1.82, 2.24) is 9.97 Å². The first-order valence-corrected chi connectivity index (χ1v) is 3.45. The Morgan fingerprint density at radius 1 is 1.70 bits per heavy atom. The van der Waals surface area contributed by atoms with E-state index >= 15 is 0 Å². The predicted octanol–water partition coefficient (Wildman–Crippen LogP) is 1.16. The minimum absolute atomic E-state index is 0.0724. The molecular formula is C5H4Cl2N2O. The van der Waals surface area contributed by atoms with Crippen LogP contribution in [0.1, 0.15) is 5.69 Å². The molecule has 0 aliphatic rings. The van der Waals surface area contributed by atoms with Crippen LogP contribution in [0.5, 0.6) is 0 Å². The van der Waals surface area contributed by atoms with Crippen molar-refractivity contribution in [3.8, 4) is 0 Å². The van der Waals surface area contributed by atoms with Gasteiger partial charge in [0.25, 0.3) is 5.56 Å². The number of alkyl halides is 1. The van der Waals surface area contributed by atoms with E-state index in [4.69, 9.17) is 23.2 Å². The van der Waals surface area contributed by atoms with Gasteiger partial charge in [-0.2, -0.15) is 0 Å². The highest BCUT2D eigenvalue weighted by molar-refractivity contribution is 6.28. The first-order chi connectivity index (χ1) is 4.72. The Morgan fingerprint density at radius 3 is 2.90 bits per heavy atom. The van der Waals surface area contributed by atoms with Gasteiger partial charge in [-0.25, -0.2) is 4.98 Å².